The number of halogens is 1. The van der Waals surface area contributed by atoms with E-state index in [1.54, 1.807) is 0 Å². The van der Waals surface area contributed by atoms with E-state index in [1.165, 1.54) is 12.8 Å². The first kappa shape index (κ1) is 27.4. The second kappa shape index (κ2) is 12.0. The van der Waals surface area contributed by atoms with Crippen LogP contribution >= 0.6 is 24.0 Å². The number of carbonyl (C=O) groups is 1. The predicted octanol–water partition coefficient (Wildman–Crippen LogP) is 3.48. The number of piperidine rings is 1. The Bertz CT molecular complexity index is 821. The topological polar surface area (TPSA) is 87.9 Å². The molecule has 9 nitrogen and oxygen atoms in total. The number of guanidine groups is 1. The van der Waals surface area contributed by atoms with Gasteiger partial charge in [0.25, 0.3) is 0 Å². The second-order valence-electron chi connectivity index (χ2n) is 9.83. The average Bonchev–Trinajstić information content (AvgIpc) is 3.51. The van der Waals surface area contributed by atoms with E-state index < -0.39 is 5.60 Å². The highest BCUT2D eigenvalue weighted by molar-refractivity contribution is 14.0. The van der Waals surface area contributed by atoms with E-state index in [9.17, 15) is 4.79 Å². The summed E-state index contributed by atoms with van der Waals surface area (Å²) in [7, 11) is 1.95. The lowest BCUT2D eigenvalue weighted by molar-refractivity contribution is 0.00928. The normalized spacial score (nSPS) is 17.4. The molecule has 2 fully saturated rings. The molecule has 2 aliphatic rings. The molecule has 2 heterocycles. The molecule has 0 bridgehead atoms. The van der Waals surface area contributed by atoms with Crippen molar-refractivity contribution < 1.29 is 9.53 Å². The van der Waals surface area contributed by atoms with Gasteiger partial charge in [-0.1, -0.05) is 6.08 Å². The quantitative estimate of drug-likeness (QED) is 0.233. The highest BCUT2D eigenvalue weighted by Gasteiger charge is 2.35. The molecule has 0 spiro atoms. The van der Waals surface area contributed by atoms with Crippen LogP contribution in [0, 0.1) is 12.8 Å². The zero-order valence-corrected chi connectivity index (χ0v) is 23.0. The van der Waals surface area contributed by atoms with Gasteiger partial charge in [-0.2, -0.15) is 0 Å². The van der Waals surface area contributed by atoms with Gasteiger partial charge in [0.2, 0.25) is 0 Å². The Morgan fingerprint density at radius 1 is 1.27 bits per heavy atom. The van der Waals surface area contributed by atoms with Gasteiger partial charge in [-0.3, -0.25) is 0 Å². The monoisotopic (exact) mass is 573 g/mol. The lowest BCUT2D eigenvalue weighted by Crippen LogP contribution is -2.52. The molecule has 10 heteroatoms. The standard InChI is InChI=1S/C23H39N7O2.HI/c1-7-12-24-21(25-15-20-27-26-17(2)28(20)6)29-13-10-19(11-14-29)30(16-18-8-9-18)22(31)32-23(3,4)5;/h7,18-19H,1,8-16H2,2-6H3,(H,24,25);1H. The van der Waals surface area contributed by atoms with Crippen LogP contribution in [0.4, 0.5) is 4.79 Å². The van der Waals surface area contributed by atoms with Gasteiger partial charge >= 0.3 is 6.09 Å². The Kier molecular flexibility index (Phi) is 9.99. The number of likely N-dealkylation sites (tertiary alicyclic amines) is 1. The van der Waals surface area contributed by atoms with Crippen molar-refractivity contribution in [2.24, 2.45) is 18.0 Å². The first-order valence-corrected chi connectivity index (χ1v) is 11.7. The maximum absolute atomic E-state index is 12.9. The SMILES string of the molecule is C=CCNC(=NCc1nnc(C)n1C)N1CCC(N(CC2CC2)C(=O)OC(C)(C)C)CC1.I. The van der Waals surface area contributed by atoms with Crippen LogP contribution in [0.1, 0.15) is 58.1 Å². The molecular formula is C23H40IN7O2. The number of nitrogens with zero attached hydrogens (tertiary/aromatic N) is 6. The number of ether oxygens (including phenoxy) is 1. The molecule has 1 aliphatic heterocycles. The summed E-state index contributed by atoms with van der Waals surface area (Å²) in [5.74, 6) is 3.17. The van der Waals surface area contributed by atoms with Crippen LogP contribution in [0.25, 0.3) is 0 Å². The predicted molar refractivity (Wildman–Crippen MR) is 141 cm³/mol. The van der Waals surface area contributed by atoms with Gasteiger partial charge in [0.05, 0.1) is 0 Å². The molecule has 186 valence electrons. The minimum atomic E-state index is -0.480. The first-order valence-electron chi connectivity index (χ1n) is 11.7. The lowest BCUT2D eigenvalue weighted by Gasteiger charge is -2.40. The van der Waals surface area contributed by atoms with Crippen LogP contribution in [0.5, 0.6) is 0 Å². The van der Waals surface area contributed by atoms with Gasteiger partial charge < -0.3 is 24.4 Å². The molecule has 1 aromatic rings. The van der Waals surface area contributed by atoms with Crippen LogP contribution in [0.3, 0.4) is 0 Å². The van der Waals surface area contributed by atoms with Crippen molar-refractivity contribution in [3.05, 3.63) is 24.3 Å². The number of nitrogens with one attached hydrogen (secondary N) is 1. The first-order chi connectivity index (χ1) is 15.2. The smallest absolute Gasteiger partial charge is 0.410 e. The fourth-order valence-electron chi connectivity index (χ4n) is 3.83. The second-order valence-corrected chi connectivity index (χ2v) is 9.83. The summed E-state index contributed by atoms with van der Waals surface area (Å²) in [5.41, 5.74) is -0.480. The van der Waals surface area contributed by atoms with Crippen LogP contribution in [-0.2, 0) is 18.3 Å². The van der Waals surface area contributed by atoms with Gasteiger partial charge in [0, 0.05) is 39.3 Å². The number of hydrogen-bond acceptors (Lipinski definition) is 5. The number of rotatable bonds is 7. The van der Waals surface area contributed by atoms with Gasteiger partial charge in [-0.15, -0.1) is 40.8 Å². The molecule has 1 aliphatic carbocycles. The van der Waals surface area contributed by atoms with Crippen LogP contribution in [0.15, 0.2) is 17.6 Å². The summed E-state index contributed by atoms with van der Waals surface area (Å²) in [6.45, 7) is 15.1. The highest BCUT2D eigenvalue weighted by Crippen LogP contribution is 2.32. The minimum Gasteiger partial charge on any atom is -0.444 e. The summed E-state index contributed by atoms with van der Waals surface area (Å²) in [6.07, 6.45) is 5.85. The van der Waals surface area contributed by atoms with Crippen LogP contribution < -0.4 is 5.32 Å². The maximum atomic E-state index is 12.9. The zero-order valence-electron chi connectivity index (χ0n) is 20.7. The Balaban J connectivity index is 0.00000385. The van der Waals surface area contributed by atoms with Gasteiger partial charge in [0.15, 0.2) is 11.8 Å². The summed E-state index contributed by atoms with van der Waals surface area (Å²) < 4.78 is 7.68. The molecule has 0 aromatic carbocycles. The summed E-state index contributed by atoms with van der Waals surface area (Å²) in [6, 6.07) is 0.198. The van der Waals surface area contributed by atoms with Gasteiger partial charge in [0.1, 0.15) is 18.0 Å². The van der Waals surface area contributed by atoms with E-state index in [4.69, 9.17) is 9.73 Å². The fourth-order valence-corrected chi connectivity index (χ4v) is 3.83. The van der Waals surface area contributed by atoms with E-state index in [-0.39, 0.29) is 36.1 Å². The Morgan fingerprint density at radius 2 is 1.94 bits per heavy atom. The summed E-state index contributed by atoms with van der Waals surface area (Å²) >= 11 is 0. The molecule has 0 unspecified atom stereocenters. The van der Waals surface area contributed by atoms with E-state index >= 15 is 0 Å². The van der Waals surface area contributed by atoms with Crippen molar-refractivity contribution in [1.29, 1.82) is 0 Å². The van der Waals surface area contributed by atoms with Crippen molar-refractivity contribution in [3.63, 3.8) is 0 Å². The fraction of sp³-hybridized carbons (Fsp3) is 0.739. The third-order valence-corrected chi connectivity index (χ3v) is 5.94. The van der Waals surface area contributed by atoms with Crippen molar-refractivity contribution >= 4 is 36.0 Å². The number of aliphatic imine (C=N–C) groups is 1. The molecule has 1 amide bonds. The number of carbonyl (C=O) groups excluding carboxylic acids is 1. The van der Waals surface area contributed by atoms with E-state index in [2.05, 4.69) is 27.0 Å². The molecule has 1 aromatic heterocycles. The van der Waals surface area contributed by atoms with Gasteiger partial charge in [-0.05, 0) is 59.3 Å². The molecule has 1 N–H and O–H groups in total. The van der Waals surface area contributed by atoms with E-state index in [0.29, 0.717) is 19.0 Å². The lowest BCUT2D eigenvalue weighted by atomic mass is 10.0. The zero-order chi connectivity index (χ0) is 23.3. The molecule has 0 atom stereocenters. The van der Waals surface area contributed by atoms with Crippen molar-refractivity contribution in [2.45, 2.75) is 71.6 Å². The number of aromatic nitrogens is 3. The number of hydrogen-bond donors (Lipinski definition) is 1. The van der Waals surface area contributed by atoms with Crippen LogP contribution in [0.2, 0.25) is 0 Å². The third kappa shape index (κ3) is 8.15. The molecule has 1 saturated carbocycles. The number of amides is 1. The maximum Gasteiger partial charge on any atom is 0.410 e. The average molecular weight is 574 g/mol. The Morgan fingerprint density at radius 3 is 2.45 bits per heavy atom. The minimum absolute atomic E-state index is 0. The molecule has 33 heavy (non-hydrogen) atoms. The molecule has 1 saturated heterocycles. The molecule has 0 radical (unpaired) electrons. The summed E-state index contributed by atoms with van der Waals surface area (Å²) in [5, 5.41) is 11.7. The largest absolute Gasteiger partial charge is 0.444 e. The van der Waals surface area contributed by atoms with E-state index in [0.717, 1.165) is 50.1 Å². The van der Waals surface area contributed by atoms with Crippen molar-refractivity contribution in [2.75, 3.05) is 26.2 Å². The van der Waals surface area contributed by atoms with Gasteiger partial charge in [-0.25, -0.2) is 9.79 Å². The molecular weight excluding hydrogens is 533 g/mol. The van der Waals surface area contributed by atoms with Crippen molar-refractivity contribution in [3.8, 4) is 0 Å². The number of aryl methyl sites for hydroxylation is 1. The highest BCUT2D eigenvalue weighted by atomic mass is 127. The van der Waals surface area contributed by atoms with E-state index in [1.807, 2.05) is 50.3 Å². The third-order valence-electron chi connectivity index (χ3n) is 5.94. The Labute approximate surface area is 215 Å². The Hall–Kier alpha value is -1.85. The summed E-state index contributed by atoms with van der Waals surface area (Å²) in [4.78, 5) is 21.9. The van der Waals surface area contributed by atoms with Crippen molar-refractivity contribution in [1.82, 2.24) is 29.9 Å². The van der Waals surface area contributed by atoms with Crippen LogP contribution in [-0.4, -0.2) is 74.4 Å². The molecule has 3 rings (SSSR count).